The van der Waals surface area contributed by atoms with E-state index >= 15 is 0 Å². The summed E-state index contributed by atoms with van der Waals surface area (Å²) in [5, 5.41) is 10.8. The minimum absolute atomic E-state index is 0.108. The number of piperidine rings is 1. The van der Waals surface area contributed by atoms with Gasteiger partial charge in [0, 0.05) is 42.5 Å². The van der Waals surface area contributed by atoms with Gasteiger partial charge < -0.3 is 15.5 Å². The first-order chi connectivity index (χ1) is 14.2. The van der Waals surface area contributed by atoms with Crippen molar-refractivity contribution >= 4 is 34.6 Å². The van der Waals surface area contributed by atoms with Gasteiger partial charge in [0.2, 0.25) is 5.91 Å². The molecule has 0 bridgehead atoms. The Bertz CT molecular complexity index is 950. The van der Waals surface area contributed by atoms with Crippen LogP contribution in [0, 0.1) is 0 Å². The number of carbonyl (C=O) groups excluding carboxylic acids is 1. The van der Waals surface area contributed by atoms with Crippen LogP contribution in [0.3, 0.4) is 0 Å². The Kier molecular flexibility index (Phi) is 6.00. The number of hydrogen-bond acceptors (Lipinski definition) is 4. The van der Waals surface area contributed by atoms with Gasteiger partial charge in [-0.2, -0.15) is 5.10 Å². The Morgan fingerprint density at radius 3 is 2.48 bits per heavy atom. The molecule has 1 amide bonds. The average molecular weight is 410 g/mol. The Labute approximate surface area is 175 Å². The molecule has 1 aliphatic heterocycles. The molecule has 0 spiro atoms. The summed E-state index contributed by atoms with van der Waals surface area (Å²) in [6.45, 7) is 2.38. The lowest BCUT2D eigenvalue weighted by Crippen LogP contribution is -2.29. The summed E-state index contributed by atoms with van der Waals surface area (Å²) >= 11 is 6.34. The highest BCUT2D eigenvalue weighted by atomic mass is 35.5. The molecule has 0 aliphatic carbocycles. The fourth-order valence-electron chi connectivity index (χ4n) is 3.51. The van der Waals surface area contributed by atoms with Gasteiger partial charge in [-0.1, -0.05) is 11.6 Å². The fourth-order valence-corrected chi connectivity index (χ4v) is 3.78. The molecule has 2 heterocycles. The van der Waals surface area contributed by atoms with Crippen molar-refractivity contribution in [2.75, 3.05) is 35.2 Å². The van der Waals surface area contributed by atoms with Crippen molar-refractivity contribution in [2.45, 2.75) is 19.3 Å². The molecular weight excluding hydrogens is 386 g/mol. The Morgan fingerprint density at radius 2 is 1.79 bits per heavy atom. The second kappa shape index (κ2) is 9.01. The highest BCUT2D eigenvalue weighted by Gasteiger charge is 2.11. The number of amides is 1. The van der Waals surface area contributed by atoms with E-state index in [1.54, 1.807) is 16.9 Å². The largest absolute Gasteiger partial charge is 0.376 e. The maximum Gasteiger partial charge on any atom is 0.243 e. The van der Waals surface area contributed by atoms with Crippen molar-refractivity contribution in [3.05, 3.63) is 65.9 Å². The van der Waals surface area contributed by atoms with E-state index in [4.69, 9.17) is 11.6 Å². The van der Waals surface area contributed by atoms with Gasteiger partial charge in [0.15, 0.2) is 0 Å². The Hall–Kier alpha value is -2.99. The molecule has 3 aromatic rings. The van der Waals surface area contributed by atoms with Crippen LogP contribution in [-0.2, 0) is 4.79 Å². The number of hydrogen-bond donors (Lipinski definition) is 2. The molecule has 150 valence electrons. The molecule has 2 aromatic carbocycles. The lowest BCUT2D eigenvalue weighted by Gasteiger charge is -2.28. The molecule has 1 saturated heterocycles. The Morgan fingerprint density at radius 1 is 1.03 bits per heavy atom. The lowest BCUT2D eigenvalue weighted by atomic mass is 10.1. The van der Waals surface area contributed by atoms with Gasteiger partial charge in [0.1, 0.15) is 0 Å². The van der Waals surface area contributed by atoms with E-state index in [9.17, 15) is 4.79 Å². The van der Waals surface area contributed by atoms with E-state index in [0.29, 0.717) is 5.02 Å². The van der Waals surface area contributed by atoms with Crippen molar-refractivity contribution in [1.82, 2.24) is 9.78 Å². The third kappa shape index (κ3) is 4.90. The van der Waals surface area contributed by atoms with Gasteiger partial charge in [-0.05, 0) is 67.8 Å². The third-order valence-electron chi connectivity index (χ3n) is 5.02. The third-order valence-corrected chi connectivity index (χ3v) is 5.33. The lowest BCUT2D eigenvalue weighted by molar-refractivity contribution is -0.114. The molecule has 1 aliphatic rings. The highest BCUT2D eigenvalue weighted by Crippen LogP contribution is 2.24. The molecule has 1 aromatic heterocycles. The molecular formula is C22H24ClN5O. The van der Waals surface area contributed by atoms with Crippen molar-refractivity contribution in [2.24, 2.45) is 0 Å². The van der Waals surface area contributed by atoms with E-state index in [1.807, 2.05) is 36.5 Å². The Balaban J connectivity index is 1.30. The molecule has 4 rings (SSSR count). The summed E-state index contributed by atoms with van der Waals surface area (Å²) in [5.74, 6) is -0.108. The van der Waals surface area contributed by atoms with E-state index in [1.165, 1.54) is 24.9 Å². The molecule has 0 unspecified atom stereocenters. The van der Waals surface area contributed by atoms with Crippen LogP contribution in [-0.4, -0.2) is 35.3 Å². The maximum atomic E-state index is 12.3. The number of halogens is 1. The number of benzene rings is 2. The topological polar surface area (TPSA) is 62.2 Å². The summed E-state index contributed by atoms with van der Waals surface area (Å²) in [6.07, 6.45) is 7.34. The van der Waals surface area contributed by atoms with Crippen LogP contribution >= 0.6 is 11.6 Å². The molecule has 7 heteroatoms. The number of anilines is 3. The van der Waals surface area contributed by atoms with Crippen LogP contribution in [0.1, 0.15) is 19.3 Å². The van der Waals surface area contributed by atoms with E-state index in [-0.39, 0.29) is 12.5 Å². The number of aromatic nitrogens is 2. The smallest absolute Gasteiger partial charge is 0.243 e. The van der Waals surface area contributed by atoms with Gasteiger partial charge in [-0.15, -0.1) is 0 Å². The molecule has 1 fully saturated rings. The first kappa shape index (κ1) is 19.3. The van der Waals surface area contributed by atoms with Crippen molar-refractivity contribution in [3.63, 3.8) is 0 Å². The van der Waals surface area contributed by atoms with Crippen molar-refractivity contribution in [1.29, 1.82) is 0 Å². The monoisotopic (exact) mass is 409 g/mol. The summed E-state index contributed by atoms with van der Waals surface area (Å²) in [6, 6.07) is 15.4. The summed E-state index contributed by atoms with van der Waals surface area (Å²) in [4.78, 5) is 14.7. The van der Waals surface area contributed by atoms with Crippen LogP contribution in [0.25, 0.3) is 5.69 Å². The standard InChI is InChI=1S/C22H24ClN5O/c23-20-15-18(7-10-21(20)28-14-4-11-25-28)24-16-22(29)26-17-5-8-19(9-6-17)27-12-2-1-3-13-27/h4-11,14-15,24H,1-3,12-13,16H2,(H,26,29). The van der Waals surface area contributed by atoms with E-state index in [2.05, 4.69) is 32.8 Å². The zero-order chi connectivity index (χ0) is 20.1. The molecule has 2 N–H and O–H groups in total. The zero-order valence-corrected chi connectivity index (χ0v) is 16.9. The number of nitrogens with zero attached hydrogens (tertiary/aromatic N) is 3. The molecule has 0 atom stereocenters. The average Bonchev–Trinajstić information content (AvgIpc) is 3.28. The molecule has 0 saturated carbocycles. The SMILES string of the molecule is O=C(CNc1ccc(-n2cccn2)c(Cl)c1)Nc1ccc(N2CCCCC2)cc1. The first-order valence-electron chi connectivity index (χ1n) is 9.87. The van der Waals surface area contributed by atoms with E-state index in [0.717, 1.165) is 30.2 Å². The number of rotatable bonds is 6. The zero-order valence-electron chi connectivity index (χ0n) is 16.1. The number of carbonyl (C=O) groups is 1. The van der Waals surface area contributed by atoms with Crippen LogP contribution in [0.15, 0.2) is 60.9 Å². The minimum Gasteiger partial charge on any atom is -0.376 e. The molecule has 0 radical (unpaired) electrons. The summed E-state index contributed by atoms with van der Waals surface area (Å²) < 4.78 is 1.70. The quantitative estimate of drug-likeness (QED) is 0.626. The van der Waals surface area contributed by atoms with E-state index < -0.39 is 0 Å². The fraction of sp³-hybridized carbons (Fsp3) is 0.273. The van der Waals surface area contributed by atoms with Gasteiger partial charge in [-0.25, -0.2) is 4.68 Å². The molecule has 29 heavy (non-hydrogen) atoms. The van der Waals surface area contributed by atoms with Crippen LogP contribution < -0.4 is 15.5 Å². The molecule has 6 nitrogen and oxygen atoms in total. The summed E-state index contributed by atoms with van der Waals surface area (Å²) in [5.41, 5.74) is 3.58. The minimum atomic E-state index is -0.108. The van der Waals surface area contributed by atoms with Crippen LogP contribution in [0.2, 0.25) is 5.02 Å². The van der Waals surface area contributed by atoms with Crippen molar-refractivity contribution in [3.8, 4) is 5.69 Å². The van der Waals surface area contributed by atoms with Gasteiger partial charge in [-0.3, -0.25) is 4.79 Å². The summed E-state index contributed by atoms with van der Waals surface area (Å²) in [7, 11) is 0. The predicted octanol–water partition coefficient (Wildman–Crippen LogP) is 4.57. The van der Waals surface area contributed by atoms with Crippen LogP contribution in [0.5, 0.6) is 0 Å². The first-order valence-corrected chi connectivity index (χ1v) is 10.3. The predicted molar refractivity (Wildman–Crippen MR) is 118 cm³/mol. The normalized spacial score (nSPS) is 13.9. The van der Waals surface area contributed by atoms with Crippen LogP contribution in [0.4, 0.5) is 17.1 Å². The highest BCUT2D eigenvalue weighted by molar-refractivity contribution is 6.32. The number of nitrogens with one attached hydrogen (secondary N) is 2. The second-order valence-corrected chi connectivity index (χ2v) is 7.52. The van der Waals surface area contributed by atoms with Gasteiger partial charge >= 0.3 is 0 Å². The van der Waals surface area contributed by atoms with Gasteiger partial charge in [0.05, 0.1) is 17.3 Å². The second-order valence-electron chi connectivity index (χ2n) is 7.11. The van der Waals surface area contributed by atoms with Crippen molar-refractivity contribution < 1.29 is 4.79 Å². The maximum absolute atomic E-state index is 12.3. The van der Waals surface area contributed by atoms with Gasteiger partial charge in [0.25, 0.3) is 0 Å².